The molecule has 1 aromatic rings. The molecule has 0 aromatic heterocycles. The van der Waals surface area contributed by atoms with Gasteiger partial charge in [0.15, 0.2) is 0 Å². The number of alkyl halides is 3. The fraction of sp³-hybridized carbons (Fsp3) is 0.385. The van der Waals surface area contributed by atoms with Crippen LogP contribution in [0.15, 0.2) is 24.3 Å². The van der Waals surface area contributed by atoms with Crippen molar-refractivity contribution in [2.24, 2.45) is 0 Å². The fourth-order valence-electron chi connectivity index (χ4n) is 1.55. The molecule has 21 heavy (non-hydrogen) atoms. The van der Waals surface area contributed by atoms with Gasteiger partial charge in [-0.1, -0.05) is 12.1 Å². The molecule has 0 radical (unpaired) electrons. The van der Waals surface area contributed by atoms with Crippen LogP contribution in [0.2, 0.25) is 0 Å². The van der Waals surface area contributed by atoms with Gasteiger partial charge in [0.2, 0.25) is 5.91 Å². The number of hydrogen-bond acceptors (Lipinski definition) is 3. The molecule has 0 aliphatic carbocycles. The molecular formula is C13H14F3NO4. The van der Waals surface area contributed by atoms with Gasteiger partial charge in [0.1, 0.15) is 5.75 Å². The quantitative estimate of drug-likeness (QED) is 0.873. The first kappa shape index (κ1) is 16.8. The van der Waals surface area contributed by atoms with Crippen molar-refractivity contribution >= 4 is 11.9 Å². The number of ether oxygens (including phenoxy) is 1. The lowest BCUT2D eigenvalue weighted by Gasteiger charge is -2.16. The van der Waals surface area contributed by atoms with Crippen LogP contribution in [0.3, 0.4) is 0 Å². The maximum atomic E-state index is 12.1. The van der Waals surface area contributed by atoms with Gasteiger partial charge in [-0.2, -0.15) is 0 Å². The van der Waals surface area contributed by atoms with Crippen LogP contribution < -0.4 is 4.74 Å². The Labute approximate surface area is 118 Å². The number of halogens is 3. The second kappa shape index (κ2) is 6.96. The number of likely N-dealkylation sites (N-methyl/N-ethyl adjacent to an activating group) is 1. The van der Waals surface area contributed by atoms with E-state index in [1.165, 1.54) is 24.1 Å². The van der Waals surface area contributed by atoms with E-state index in [0.29, 0.717) is 5.56 Å². The molecule has 0 bridgehead atoms. The number of hydrogen-bond donors (Lipinski definition) is 1. The molecule has 1 rings (SSSR count). The minimum atomic E-state index is -4.79. The summed E-state index contributed by atoms with van der Waals surface area (Å²) in [5.41, 5.74) is 0.351. The maximum Gasteiger partial charge on any atom is 0.573 e. The summed E-state index contributed by atoms with van der Waals surface area (Å²) in [6.45, 7) is 0.0346. The third-order valence-electron chi connectivity index (χ3n) is 2.57. The first-order chi connectivity index (χ1) is 9.67. The van der Waals surface area contributed by atoms with Crippen molar-refractivity contribution in [2.45, 2.75) is 19.2 Å². The zero-order valence-electron chi connectivity index (χ0n) is 11.2. The number of aliphatic carboxylic acids is 1. The van der Waals surface area contributed by atoms with Gasteiger partial charge >= 0.3 is 12.3 Å². The second-order valence-corrected chi connectivity index (χ2v) is 4.33. The molecule has 1 amide bonds. The predicted octanol–water partition coefficient (Wildman–Crippen LogP) is 2.06. The van der Waals surface area contributed by atoms with Crippen LogP contribution in [0.4, 0.5) is 13.2 Å². The average molecular weight is 305 g/mol. The Morgan fingerprint density at radius 3 is 2.57 bits per heavy atom. The summed E-state index contributed by atoms with van der Waals surface area (Å²) in [5.74, 6) is -1.82. The van der Waals surface area contributed by atoms with Gasteiger partial charge in [0, 0.05) is 13.6 Å². The van der Waals surface area contributed by atoms with Crippen LogP contribution in [-0.2, 0) is 16.0 Å². The highest BCUT2D eigenvalue weighted by Crippen LogP contribution is 2.23. The Hall–Kier alpha value is -2.25. The molecule has 0 spiro atoms. The molecule has 0 heterocycles. The van der Waals surface area contributed by atoms with E-state index in [-0.39, 0.29) is 25.3 Å². The zero-order chi connectivity index (χ0) is 16.0. The van der Waals surface area contributed by atoms with E-state index in [9.17, 15) is 22.8 Å². The van der Waals surface area contributed by atoms with Crippen LogP contribution >= 0.6 is 0 Å². The number of amides is 1. The van der Waals surface area contributed by atoms with Gasteiger partial charge in [-0.05, 0) is 17.7 Å². The third kappa shape index (κ3) is 6.64. The van der Waals surface area contributed by atoms with Crippen LogP contribution in [-0.4, -0.2) is 41.8 Å². The molecule has 0 aliphatic rings. The highest BCUT2D eigenvalue weighted by molar-refractivity contribution is 5.79. The smallest absolute Gasteiger partial charge is 0.481 e. The number of carbonyl (C=O) groups is 2. The number of benzene rings is 1. The Morgan fingerprint density at radius 2 is 2.00 bits per heavy atom. The number of rotatable bonds is 6. The molecule has 1 N–H and O–H groups in total. The van der Waals surface area contributed by atoms with E-state index in [2.05, 4.69) is 4.74 Å². The fourth-order valence-corrected chi connectivity index (χ4v) is 1.55. The summed E-state index contributed by atoms with van der Waals surface area (Å²) in [6, 6.07) is 5.10. The van der Waals surface area contributed by atoms with E-state index >= 15 is 0 Å². The van der Waals surface area contributed by atoms with Crippen molar-refractivity contribution in [3.8, 4) is 5.75 Å². The number of carboxylic acids is 1. The summed E-state index contributed by atoms with van der Waals surface area (Å²) in [5, 5.41) is 8.52. The minimum absolute atomic E-state index is 0.0346. The standard InChI is InChI=1S/C13H14F3NO4/c1-17(6-5-12(19)20)11(18)8-9-3-2-4-10(7-9)21-13(14,15)16/h2-4,7H,5-6,8H2,1H3,(H,19,20). The molecule has 5 nitrogen and oxygen atoms in total. The average Bonchev–Trinajstić information content (AvgIpc) is 2.34. The zero-order valence-corrected chi connectivity index (χ0v) is 11.2. The van der Waals surface area contributed by atoms with Crippen LogP contribution in [0.5, 0.6) is 5.75 Å². The first-order valence-electron chi connectivity index (χ1n) is 5.98. The predicted molar refractivity (Wildman–Crippen MR) is 66.7 cm³/mol. The Kier molecular flexibility index (Phi) is 5.57. The lowest BCUT2D eigenvalue weighted by molar-refractivity contribution is -0.274. The normalized spacial score (nSPS) is 11.0. The molecule has 0 unspecified atom stereocenters. The molecule has 1 aromatic carbocycles. The molecule has 0 saturated carbocycles. The molecule has 0 atom stereocenters. The Morgan fingerprint density at radius 1 is 1.33 bits per heavy atom. The highest BCUT2D eigenvalue weighted by atomic mass is 19.4. The molecule has 0 fully saturated rings. The maximum absolute atomic E-state index is 12.1. The van der Waals surface area contributed by atoms with E-state index in [1.54, 1.807) is 0 Å². The minimum Gasteiger partial charge on any atom is -0.481 e. The number of nitrogens with zero attached hydrogens (tertiary/aromatic N) is 1. The van der Waals surface area contributed by atoms with Gasteiger partial charge in [-0.3, -0.25) is 9.59 Å². The molecule has 0 saturated heterocycles. The van der Waals surface area contributed by atoms with Crippen molar-refractivity contribution in [1.82, 2.24) is 4.90 Å². The first-order valence-corrected chi connectivity index (χ1v) is 5.98. The molecule has 8 heteroatoms. The van der Waals surface area contributed by atoms with Crippen molar-refractivity contribution in [1.29, 1.82) is 0 Å². The van der Waals surface area contributed by atoms with E-state index in [4.69, 9.17) is 5.11 Å². The molecule has 0 aliphatic heterocycles. The van der Waals surface area contributed by atoms with Crippen LogP contribution in [0.1, 0.15) is 12.0 Å². The Bertz CT molecular complexity index is 516. The number of carbonyl (C=O) groups excluding carboxylic acids is 1. The van der Waals surface area contributed by atoms with Gasteiger partial charge < -0.3 is 14.7 Å². The SMILES string of the molecule is CN(CCC(=O)O)C(=O)Cc1cccc(OC(F)(F)F)c1. The van der Waals surface area contributed by atoms with Crippen molar-refractivity contribution < 1.29 is 32.6 Å². The monoisotopic (exact) mass is 305 g/mol. The lowest BCUT2D eigenvalue weighted by Crippen LogP contribution is -2.30. The summed E-state index contributed by atoms with van der Waals surface area (Å²) >= 11 is 0. The van der Waals surface area contributed by atoms with Gasteiger partial charge in [-0.25, -0.2) is 0 Å². The van der Waals surface area contributed by atoms with Crippen molar-refractivity contribution in [3.63, 3.8) is 0 Å². The van der Waals surface area contributed by atoms with E-state index in [1.807, 2.05) is 0 Å². The lowest BCUT2D eigenvalue weighted by atomic mass is 10.1. The number of carboxylic acid groups (broad SMARTS) is 1. The molecular weight excluding hydrogens is 291 g/mol. The van der Waals surface area contributed by atoms with Gasteiger partial charge in [0.25, 0.3) is 0 Å². The largest absolute Gasteiger partial charge is 0.573 e. The van der Waals surface area contributed by atoms with Crippen molar-refractivity contribution in [2.75, 3.05) is 13.6 Å². The topological polar surface area (TPSA) is 66.8 Å². The summed E-state index contributed by atoms with van der Waals surface area (Å²) < 4.78 is 40.0. The summed E-state index contributed by atoms with van der Waals surface area (Å²) in [6.07, 6.45) is -5.12. The van der Waals surface area contributed by atoms with E-state index < -0.39 is 18.1 Å². The summed E-state index contributed by atoms with van der Waals surface area (Å²) in [4.78, 5) is 23.4. The third-order valence-corrected chi connectivity index (χ3v) is 2.57. The van der Waals surface area contributed by atoms with E-state index in [0.717, 1.165) is 12.1 Å². The Balaban J connectivity index is 2.64. The second-order valence-electron chi connectivity index (χ2n) is 4.33. The highest BCUT2D eigenvalue weighted by Gasteiger charge is 2.31. The van der Waals surface area contributed by atoms with Crippen LogP contribution in [0, 0.1) is 0 Å². The summed E-state index contributed by atoms with van der Waals surface area (Å²) in [7, 11) is 1.43. The van der Waals surface area contributed by atoms with Crippen molar-refractivity contribution in [3.05, 3.63) is 29.8 Å². The van der Waals surface area contributed by atoms with Crippen LogP contribution in [0.25, 0.3) is 0 Å². The van der Waals surface area contributed by atoms with Gasteiger partial charge in [-0.15, -0.1) is 13.2 Å². The molecule has 116 valence electrons. The van der Waals surface area contributed by atoms with Gasteiger partial charge in [0.05, 0.1) is 12.8 Å².